The zero-order chi connectivity index (χ0) is 16.7. The predicted octanol–water partition coefficient (Wildman–Crippen LogP) is 3.26. The van der Waals surface area contributed by atoms with Gasteiger partial charge in [-0.15, -0.1) is 0 Å². The van der Waals surface area contributed by atoms with Gasteiger partial charge in [0.25, 0.3) is 5.56 Å². The van der Waals surface area contributed by atoms with E-state index in [1.807, 2.05) is 30.3 Å². The smallest absolute Gasteiger partial charge is 0.258 e. The van der Waals surface area contributed by atoms with Gasteiger partial charge in [-0.25, -0.2) is 4.98 Å². The largest absolute Gasteiger partial charge is 0.506 e. The minimum Gasteiger partial charge on any atom is -0.506 e. The number of aromatic hydroxyl groups is 1. The molecular formula is C18H13N3O3. The SMILES string of the molecule is Cc1onc(-c2ccccc2)c1-c1cc(O)c2nc[nH]c(=O)c2c1. The molecule has 0 saturated carbocycles. The molecule has 6 heteroatoms. The summed E-state index contributed by atoms with van der Waals surface area (Å²) in [6, 6.07) is 12.9. The lowest BCUT2D eigenvalue weighted by atomic mass is 9.98. The van der Waals surface area contributed by atoms with Gasteiger partial charge in [-0.3, -0.25) is 4.79 Å². The number of aromatic amines is 1. The first-order chi connectivity index (χ1) is 11.6. The Kier molecular flexibility index (Phi) is 3.16. The molecule has 2 N–H and O–H groups in total. The van der Waals surface area contributed by atoms with Crippen LogP contribution in [0.4, 0.5) is 0 Å². The summed E-state index contributed by atoms with van der Waals surface area (Å²) < 4.78 is 5.35. The highest BCUT2D eigenvalue weighted by atomic mass is 16.5. The van der Waals surface area contributed by atoms with Gasteiger partial charge in [0.2, 0.25) is 0 Å². The minimum atomic E-state index is -0.312. The summed E-state index contributed by atoms with van der Waals surface area (Å²) in [5.41, 5.74) is 2.89. The Morgan fingerprint density at radius 2 is 1.92 bits per heavy atom. The van der Waals surface area contributed by atoms with Crippen molar-refractivity contribution in [3.8, 4) is 28.1 Å². The predicted molar refractivity (Wildman–Crippen MR) is 89.7 cm³/mol. The van der Waals surface area contributed by atoms with Crippen molar-refractivity contribution in [3.05, 3.63) is 64.9 Å². The number of benzene rings is 2. The normalized spacial score (nSPS) is 11.0. The number of nitrogens with one attached hydrogen (secondary N) is 1. The van der Waals surface area contributed by atoms with Crippen molar-refractivity contribution in [1.29, 1.82) is 0 Å². The van der Waals surface area contributed by atoms with Gasteiger partial charge in [-0.2, -0.15) is 0 Å². The van der Waals surface area contributed by atoms with Crippen molar-refractivity contribution in [2.75, 3.05) is 0 Å². The van der Waals surface area contributed by atoms with E-state index < -0.39 is 0 Å². The van der Waals surface area contributed by atoms with E-state index in [0.29, 0.717) is 22.4 Å². The van der Waals surface area contributed by atoms with Crippen molar-refractivity contribution < 1.29 is 9.63 Å². The molecule has 0 amide bonds. The van der Waals surface area contributed by atoms with Gasteiger partial charge in [0, 0.05) is 5.56 Å². The summed E-state index contributed by atoms with van der Waals surface area (Å²) in [4.78, 5) is 18.6. The highest BCUT2D eigenvalue weighted by Gasteiger charge is 2.19. The Hall–Kier alpha value is -3.41. The topological polar surface area (TPSA) is 92.0 Å². The van der Waals surface area contributed by atoms with E-state index in [4.69, 9.17) is 4.52 Å². The number of fused-ring (bicyclic) bond motifs is 1. The van der Waals surface area contributed by atoms with E-state index in [1.54, 1.807) is 19.1 Å². The third-order valence-electron chi connectivity index (χ3n) is 3.92. The summed E-state index contributed by atoms with van der Waals surface area (Å²) in [5.74, 6) is 0.543. The molecule has 6 nitrogen and oxygen atoms in total. The summed E-state index contributed by atoms with van der Waals surface area (Å²) in [6.07, 6.45) is 1.27. The lowest BCUT2D eigenvalue weighted by molar-refractivity contribution is 0.400. The molecule has 0 atom stereocenters. The molecule has 0 aliphatic carbocycles. The van der Waals surface area contributed by atoms with Crippen molar-refractivity contribution >= 4 is 10.9 Å². The van der Waals surface area contributed by atoms with Crippen molar-refractivity contribution in [1.82, 2.24) is 15.1 Å². The Balaban J connectivity index is 2.01. The van der Waals surface area contributed by atoms with Gasteiger partial charge in [-0.1, -0.05) is 35.5 Å². The number of hydrogen-bond acceptors (Lipinski definition) is 5. The van der Waals surface area contributed by atoms with Gasteiger partial charge >= 0.3 is 0 Å². The Labute approximate surface area is 136 Å². The molecule has 24 heavy (non-hydrogen) atoms. The molecule has 0 aliphatic heterocycles. The van der Waals surface area contributed by atoms with Crippen LogP contribution in [0.15, 0.2) is 58.1 Å². The number of aryl methyl sites for hydroxylation is 1. The Morgan fingerprint density at radius 1 is 1.12 bits per heavy atom. The molecule has 0 bridgehead atoms. The molecule has 4 aromatic rings. The van der Waals surface area contributed by atoms with Crippen LogP contribution in [-0.2, 0) is 0 Å². The maximum Gasteiger partial charge on any atom is 0.258 e. The summed E-state index contributed by atoms with van der Waals surface area (Å²) in [5, 5.41) is 14.7. The van der Waals surface area contributed by atoms with E-state index in [0.717, 1.165) is 11.1 Å². The molecule has 2 aromatic carbocycles. The van der Waals surface area contributed by atoms with Crippen LogP contribution in [0.3, 0.4) is 0 Å². The minimum absolute atomic E-state index is 0.0618. The number of nitrogens with zero attached hydrogens (tertiary/aromatic N) is 2. The van der Waals surface area contributed by atoms with Crippen molar-refractivity contribution in [3.63, 3.8) is 0 Å². The number of aromatic nitrogens is 3. The van der Waals surface area contributed by atoms with Gasteiger partial charge in [0.15, 0.2) is 0 Å². The monoisotopic (exact) mass is 319 g/mol. The molecule has 0 saturated heterocycles. The average molecular weight is 319 g/mol. The Morgan fingerprint density at radius 3 is 2.71 bits per heavy atom. The van der Waals surface area contributed by atoms with Crippen LogP contribution in [-0.4, -0.2) is 20.2 Å². The van der Waals surface area contributed by atoms with E-state index in [2.05, 4.69) is 15.1 Å². The second kappa shape index (κ2) is 5.34. The average Bonchev–Trinajstić information content (AvgIpc) is 2.98. The maximum atomic E-state index is 12.0. The second-order valence-corrected chi connectivity index (χ2v) is 5.45. The van der Waals surface area contributed by atoms with Gasteiger partial charge in [0.1, 0.15) is 22.7 Å². The first-order valence-electron chi connectivity index (χ1n) is 7.37. The molecule has 2 heterocycles. The van der Waals surface area contributed by atoms with E-state index >= 15 is 0 Å². The third-order valence-corrected chi connectivity index (χ3v) is 3.92. The van der Waals surface area contributed by atoms with Crippen LogP contribution in [0.2, 0.25) is 0 Å². The van der Waals surface area contributed by atoms with E-state index in [1.165, 1.54) is 6.33 Å². The van der Waals surface area contributed by atoms with Gasteiger partial charge < -0.3 is 14.6 Å². The van der Waals surface area contributed by atoms with Crippen LogP contribution in [0.1, 0.15) is 5.76 Å². The van der Waals surface area contributed by atoms with Gasteiger partial charge in [-0.05, 0) is 24.6 Å². The maximum absolute atomic E-state index is 12.0. The lowest BCUT2D eigenvalue weighted by Crippen LogP contribution is -2.06. The van der Waals surface area contributed by atoms with E-state index in [-0.39, 0.29) is 16.8 Å². The molecule has 0 unspecified atom stereocenters. The zero-order valence-corrected chi connectivity index (χ0v) is 12.8. The quantitative estimate of drug-likeness (QED) is 0.591. The van der Waals surface area contributed by atoms with Crippen LogP contribution < -0.4 is 5.56 Å². The molecule has 118 valence electrons. The standard InChI is InChI=1S/C18H13N3O3/c1-10-15(16(21-24-10)11-5-3-2-4-6-11)12-7-13-17(14(22)8-12)19-9-20-18(13)23/h2-9,22H,1H3,(H,19,20,23). The summed E-state index contributed by atoms with van der Waals surface area (Å²) >= 11 is 0. The first-order valence-corrected chi connectivity index (χ1v) is 7.37. The zero-order valence-electron chi connectivity index (χ0n) is 12.8. The molecule has 4 rings (SSSR count). The number of rotatable bonds is 2. The fraction of sp³-hybridized carbons (Fsp3) is 0.0556. The van der Waals surface area contributed by atoms with Gasteiger partial charge in [0.05, 0.1) is 17.3 Å². The number of phenols is 1. The molecule has 0 fully saturated rings. The number of hydrogen-bond donors (Lipinski definition) is 2. The van der Waals surface area contributed by atoms with Crippen molar-refractivity contribution in [2.24, 2.45) is 0 Å². The number of phenolic OH excluding ortho intramolecular Hbond substituents is 1. The second-order valence-electron chi connectivity index (χ2n) is 5.45. The van der Waals surface area contributed by atoms with Crippen LogP contribution in [0, 0.1) is 6.92 Å². The molecule has 0 aliphatic rings. The van der Waals surface area contributed by atoms with Crippen LogP contribution in [0.25, 0.3) is 33.3 Å². The Bertz CT molecular complexity index is 1100. The highest BCUT2D eigenvalue weighted by molar-refractivity contribution is 5.92. The van der Waals surface area contributed by atoms with Crippen LogP contribution >= 0.6 is 0 Å². The molecule has 2 aromatic heterocycles. The fourth-order valence-corrected chi connectivity index (χ4v) is 2.81. The molecule has 0 spiro atoms. The van der Waals surface area contributed by atoms with Crippen molar-refractivity contribution in [2.45, 2.75) is 6.92 Å². The molecular weight excluding hydrogens is 306 g/mol. The van der Waals surface area contributed by atoms with E-state index in [9.17, 15) is 9.90 Å². The lowest BCUT2D eigenvalue weighted by Gasteiger charge is -2.06. The third kappa shape index (κ3) is 2.16. The van der Waals surface area contributed by atoms with Crippen LogP contribution in [0.5, 0.6) is 5.75 Å². The first kappa shape index (κ1) is 14.2. The number of H-pyrrole nitrogens is 1. The summed E-state index contributed by atoms with van der Waals surface area (Å²) in [6.45, 7) is 1.80. The molecule has 0 radical (unpaired) electrons. The summed E-state index contributed by atoms with van der Waals surface area (Å²) in [7, 11) is 0. The fourth-order valence-electron chi connectivity index (χ4n) is 2.81. The highest BCUT2D eigenvalue weighted by Crippen LogP contribution is 2.37.